The number of carbonyl (C=O) groups excluding carboxylic acids is 1. The number of aromatic nitrogens is 2. The number of halogens is 1. The van der Waals surface area contributed by atoms with E-state index in [-0.39, 0.29) is 17.1 Å². The Morgan fingerprint density at radius 1 is 1.17 bits per heavy atom. The van der Waals surface area contributed by atoms with E-state index in [1.807, 2.05) is 38.1 Å². The molecule has 0 aliphatic carbocycles. The van der Waals surface area contributed by atoms with Gasteiger partial charge in [-0.05, 0) is 48.9 Å². The predicted octanol–water partition coefficient (Wildman–Crippen LogP) is 6.22. The average Bonchev–Trinajstić information content (AvgIpc) is 3.15. The largest absolute Gasteiger partial charge is 0.494 e. The predicted molar refractivity (Wildman–Crippen MR) is 144 cm³/mol. The minimum Gasteiger partial charge on any atom is -0.494 e. The number of anilines is 4. The molecule has 1 fully saturated rings. The summed E-state index contributed by atoms with van der Waals surface area (Å²) in [6.45, 7) is 6.91. The topological polar surface area (TPSA) is 70.6 Å². The molecule has 2 aromatic carbocycles. The Labute approximate surface area is 212 Å². The zero-order chi connectivity index (χ0) is 26.0. The number of ether oxygens (including phenoxy) is 1. The van der Waals surface area contributed by atoms with Crippen LogP contribution in [-0.2, 0) is 4.79 Å². The van der Waals surface area contributed by atoms with Crippen LogP contribution in [0.15, 0.2) is 30.6 Å². The van der Waals surface area contributed by atoms with Crippen LogP contribution in [0, 0.1) is 18.2 Å². The second-order valence-electron chi connectivity index (χ2n) is 10.0. The van der Waals surface area contributed by atoms with Crippen LogP contribution in [0.1, 0.15) is 51.5 Å². The van der Waals surface area contributed by atoms with Gasteiger partial charge in [0.25, 0.3) is 0 Å². The fraction of sp³-hybridized carbons (Fsp3) is 0.464. The van der Waals surface area contributed by atoms with Gasteiger partial charge in [0.05, 0.1) is 24.0 Å². The summed E-state index contributed by atoms with van der Waals surface area (Å²) in [5.41, 5.74) is 3.46. The van der Waals surface area contributed by atoms with Crippen LogP contribution >= 0.6 is 0 Å². The molecule has 1 amide bonds. The monoisotopic (exact) mass is 493 g/mol. The van der Waals surface area contributed by atoms with E-state index in [1.165, 1.54) is 12.4 Å². The van der Waals surface area contributed by atoms with Crippen molar-refractivity contribution < 1.29 is 13.9 Å². The number of nitrogens with one attached hydrogen (secondary N) is 1. The summed E-state index contributed by atoms with van der Waals surface area (Å²) in [5.74, 6) is 1.03. The Balaban J connectivity index is 1.79. The van der Waals surface area contributed by atoms with Crippen molar-refractivity contribution in [1.29, 1.82) is 0 Å². The number of fused-ring (bicyclic) bond motifs is 1. The van der Waals surface area contributed by atoms with Gasteiger partial charge in [-0.2, -0.15) is 0 Å². The molecule has 0 atom stereocenters. The third-order valence-corrected chi connectivity index (χ3v) is 7.19. The molecule has 1 N–H and O–H groups in total. The fourth-order valence-electron chi connectivity index (χ4n) is 5.66. The number of methoxy groups -OCH3 is 1. The normalized spacial score (nSPS) is 15.0. The molecule has 4 rings (SSSR count). The lowest BCUT2D eigenvalue weighted by molar-refractivity contribution is -0.117. The number of benzene rings is 2. The summed E-state index contributed by atoms with van der Waals surface area (Å²) in [6, 6.07) is 6.96. The van der Waals surface area contributed by atoms with Gasteiger partial charge in [-0.1, -0.05) is 26.7 Å². The van der Waals surface area contributed by atoms with E-state index < -0.39 is 0 Å². The van der Waals surface area contributed by atoms with Crippen LogP contribution in [0.2, 0.25) is 0 Å². The molecule has 1 aromatic heterocycles. The van der Waals surface area contributed by atoms with Crippen molar-refractivity contribution in [3.63, 3.8) is 0 Å². The zero-order valence-electron chi connectivity index (χ0n) is 22.1. The van der Waals surface area contributed by atoms with Gasteiger partial charge in [0.15, 0.2) is 0 Å². The lowest BCUT2D eigenvalue weighted by Gasteiger charge is -2.28. The number of amides is 1. The number of hydrogen-bond acceptors (Lipinski definition) is 6. The van der Waals surface area contributed by atoms with Crippen LogP contribution in [-0.4, -0.2) is 43.6 Å². The highest BCUT2D eigenvalue weighted by molar-refractivity contribution is 6.02. The number of rotatable bonds is 9. The molecule has 1 aliphatic heterocycles. The van der Waals surface area contributed by atoms with Crippen molar-refractivity contribution in [2.24, 2.45) is 5.41 Å². The van der Waals surface area contributed by atoms with Gasteiger partial charge in [-0.3, -0.25) is 4.79 Å². The molecule has 0 unspecified atom stereocenters. The first-order valence-electron chi connectivity index (χ1n) is 12.6. The van der Waals surface area contributed by atoms with Crippen molar-refractivity contribution in [2.45, 2.75) is 52.9 Å². The van der Waals surface area contributed by atoms with Crippen LogP contribution in [0.5, 0.6) is 5.75 Å². The van der Waals surface area contributed by atoms with E-state index in [1.54, 1.807) is 18.1 Å². The number of hydrogen-bond donors (Lipinski definition) is 1. The zero-order valence-corrected chi connectivity index (χ0v) is 22.1. The average molecular weight is 494 g/mol. The lowest BCUT2D eigenvalue weighted by atomic mass is 9.78. The number of nitrogens with zero attached hydrogens (tertiary/aromatic N) is 4. The highest BCUT2D eigenvalue weighted by Gasteiger charge is 2.43. The van der Waals surface area contributed by atoms with Gasteiger partial charge in [0.1, 0.15) is 23.7 Å². The molecule has 0 saturated carbocycles. The Morgan fingerprint density at radius 3 is 2.53 bits per heavy atom. The maximum absolute atomic E-state index is 14.4. The molecular weight excluding hydrogens is 457 g/mol. The summed E-state index contributed by atoms with van der Waals surface area (Å²) in [4.78, 5) is 25.9. The van der Waals surface area contributed by atoms with E-state index in [0.717, 1.165) is 48.0 Å². The van der Waals surface area contributed by atoms with Crippen LogP contribution < -0.4 is 19.9 Å². The molecule has 0 radical (unpaired) electrons. The molecule has 192 valence electrons. The second kappa shape index (κ2) is 10.3. The quantitative estimate of drug-likeness (QED) is 0.382. The fourth-order valence-corrected chi connectivity index (χ4v) is 5.66. The van der Waals surface area contributed by atoms with Crippen LogP contribution in [0.3, 0.4) is 0 Å². The van der Waals surface area contributed by atoms with E-state index in [0.29, 0.717) is 35.7 Å². The third kappa shape index (κ3) is 4.68. The first kappa shape index (κ1) is 25.7. The van der Waals surface area contributed by atoms with Crippen molar-refractivity contribution in [1.82, 2.24) is 9.97 Å². The van der Waals surface area contributed by atoms with Gasteiger partial charge in [0.2, 0.25) is 5.91 Å². The highest BCUT2D eigenvalue weighted by Crippen LogP contribution is 2.45. The van der Waals surface area contributed by atoms with Gasteiger partial charge < -0.3 is 19.9 Å². The maximum atomic E-state index is 14.4. The Kier molecular flexibility index (Phi) is 7.33. The molecule has 1 aliphatic rings. The van der Waals surface area contributed by atoms with Gasteiger partial charge in [0, 0.05) is 44.2 Å². The molecule has 2 heterocycles. The van der Waals surface area contributed by atoms with Crippen molar-refractivity contribution in [3.05, 3.63) is 42.0 Å². The van der Waals surface area contributed by atoms with Crippen molar-refractivity contribution >= 4 is 39.7 Å². The molecule has 0 spiro atoms. The Morgan fingerprint density at radius 2 is 1.89 bits per heavy atom. The van der Waals surface area contributed by atoms with E-state index >= 15 is 0 Å². The van der Waals surface area contributed by atoms with Gasteiger partial charge in [-0.15, -0.1) is 0 Å². The van der Waals surface area contributed by atoms with E-state index in [9.17, 15) is 9.18 Å². The number of carbonyl (C=O) groups is 1. The minimum absolute atomic E-state index is 0.0113. The SMILES string of the molecule is CCCC1(CCC)CC(=O)N(c2cc3c(Nc4ccc(F)c(N(C)C)c4C)ncnc3cc2OC)C1. The van der Waals surface area contributed by atoms with Crippen molar-refractivity contribution in [2.75, 3.05) is 42.9 Å². The Hall–Kier alpha value is -3.42. The van der Waals surface area contributed by atoms with E-state index in [4.69, 9.17) is 4.74 Å². The second-order valence-corrected chi connectivity index (χ2v) is 10.0. The molecule has 7 nitrogen and oxygen atoms in total. The smallest absolute Gasteiger partial charge is 0.227 e. The molecule has 1 saturated heterocycles. The summed E-state index contributed by atoms with van der Waals surface area (Å²) < 4.78 is 20.2. The first-order valence-corrected chi connectivity index (χ1v) is 12.6. The molecule has 8 heteroatoms. The maximum Gasteiger partial charge on any atom is 0.227 e. The molecule has 0 bridgehead atoms. The molecule has 36 heavy (non-hydrogen) atoms. The molecule has 3 aromatic rings. The van der Waals surface area contributed by atoms with E-state index in [2.05, 4.69) is 29.1 Å². The molecular formula is C28H36FN5O2. The van der Waals surface area contributed by atoms with Gasteiger partial charge >= 0.3 is 0 Å². The lowest BCUT2D eigenvalue weighted by Crippen LogP contribution is -2.28. The van der Waals surface area contributed by atoms with Crippen LogP contribution in [0.4, 0.5) is 27.3 Å². The standard InChI is InChI=1S/C28H36FN5O2/c1-7-11-28(12-8-2)15-25(35)34(16-28)23-13-19-22(14-24(23)36-6)30-17-31-27(19)32-21-10-9-20(29)26(18(21)3)33(4)5/h9-10,13-14,17H,7-8,11-12,15-16H2,1-6H3,(H,30,31,32). The summed E-state index contributed by atoms with van der Waals surface area (Å²) in [5, 5.41) is 4.14. The van der Waals surface area contributed by atoms with Gasteiger partial charge in [-0.25, -0.2) is 14.4 Å². The summed E-state index contributed by atoms with van der Waals surface area (Å²) >= 11 is 0. The Bertz CT molecular complexity index is 1270. The van der Waals surface area contributed by atoms with Crippen molar-refractivity contribution in [3.8, 4) is 5.75 Å². The highest BCUT2D eigenvalue weighted by atomic mass is 19.1. The van der Waals surface area contributed by atoms with Crippen LogP contribution in [0.25, 0.3) is 10.9 Å². The third-order valence-electron chi connectivity index (χ3n) is 7.19. The first-order chi connectivity index (χ1) is 17.2. The summed E-state index contributed by atoms with van der Waals surface area (Å²) in [6.07, 6.45) is 6.17. The minimum atomic E-state index is -0.280. The summed E-state index contributed by atoms with van der Waals surface area (Å²) in [7, 11) is 5.25.